The van der Waals surface area contributed by atoms with Crippen LogP contribution < -0.4 is 5.32 Å². The van der Waals surface area contributed by atoms with Gasteiger partial charge in [0.1, 0.15) is 0 Å². The molecular formula is C17H25NO. The van der Waals surface area contributed by atoms with Crippen LogP contribution in [0, 0.1) is 26.7 Å². The predicted octanol–water partition coefficient (Wildman–Crippen LogP) is 2.88. The van der Waals surface area contributed by atoms with E-state index >= 15 is 0 Å². The highest BCUT2D eigenvalue weighted by Crippen LogP contribution is 2.41. The zero-order chi connectivity index (χ0) is 13.5. The summed E-state index contributed by atoms with van der Waals surface area (Å²) in [6, 6.07) is 4.63. The van der Waals surface area contributed by atoms with Gasteiger partial charge in [-0.05, 0) is 74.9 Å². The van der Waals surface area contributed by atoms with Crippen molar-refractivity contribution in [3.8, 4) is 0 Å². The molecular weight excluding hydrogens is 234 g/mol. The summed E-state index contributed by atoms with van der Waals surface area (Å²) in [5.74, 6) is 0.824. The van der Waals surface area contributed by atoms with Gasteiger partial charge in [-0.25, -0.2) is 0 Å². The Morgan fingerprint density at radius 1 is 1.21 bits per heavy atom. The minimum Gasteiger partial charge on any atom is -0.379 e. The van der Waals surface area contributed by atoms with E-state index < -0.39 is 0 Å². The van der Waals surface area contributed by atoms with Gasteiger partial charge in [-0.15, -0.1) is 0 Å². The molecule has 0 bridgehead atoms. The Morgan fingerprint density at radius 3 is 2.58 bits per heavy atom. The SMILES string of the molecule is Cc1ccc(C2(CC3CCNC3)COC2)c(C)c1C. The van der Waals surface area contributed by atoms with Crippen LogP contribution in [0.4, 0.5) is 0 Å². The molecule has 0 amide bonds. The molecule has 1 aromatic rings. The van der Waals surface area contributed by atoms with Crippen molar-refractivity contribution in [2.45, 2.75) is 39.0 Å². The topological polar surface area (TPSA) is 21.3 Å². The molecule has 2 aliphatic heterocycles. The molecule has 19 heavy (non-hydrogen) atoms. The van der Waals surface area contributed by atoms with Crippen molar-refractivity contribution in [1.82, 2.24) is 5.32 Å². The maximum atomic E-state index is 5.61. The molecule has 2 saturated heterocycles. The third kappa shape index (κ3) is 2.21. The van der Waals surface area contributed by atoms with E-state index in [0.717, 1.165) is 19.1 Å². The van der Waals surface area contributed by atoms with Crippen molar-refractivity contribution in [3.05, 3.63) is 34.4 Å². The maximum Gasteiger partial charge on any atom is 0.0585 e. The van der Waals surface area contributed by atoms with E-state index in [1.165, 1.54) is 48.2 Å². The van der Waals surface area contributed by atoms with Gasteiger partial charge in [0.25, 0.3) is 0 Å². The zero-order valence-electron chi connectivity index (χ0n) is 12.4. The van der Waals surface area contributed by atoms with E-state index in [1.807, 2.05) is 0 Å². The Morgan fingerprint density at radius 2 is 2.00 bits per heavy atom. The summed E-state index contributed by atoms with van der Waals surface area (Å²) < 4.78 is 5.61. The Kier molecular flexibility index (Phi) is 3.40. The lowest BCUT2D eigenvalue weighted by atomic mass is 9.70. The van der Waals surface area contributed by atoms with E-state index in [2.05, 4.69) is 38.2 Å². The van der Waals surface area contributed by atoms with Gasteiger partial charge in [-0.3, -0.25) is 0 Å². The van der Waals surface area contributed by atoms with Crippen molar-refractivity contribution < 1.29 is 4.74 Å². The van der Waals surface area contributed by atoms with Gasteiger partial charge < -0.3 is 10.1 Å². The summed E-state index contributed by atoms with van der Waals surface area (Å²) in [6.45, 7) is 10.9. The van der Waals surface area contributed by atoms with Crippen LogP contribution in [0.5, 0.6) is 0 Å². The molecule has 2 nitrogen and oxygen atoms in total. The zero-order valence-corrected chi connectivity index (χ0v) is 12.4. The fourth-order valence-corrected chi connectivity index (χ4v) is 3.70. The summed E-state index contributed by atoms with van der Waals surface area (Å²) in [7, 11) is 0. The number of hydrogen-bond donors (Lipinski definition) is 1. The number of ether oxygens (including phenoxy) is 1. The highest BCUT2D eigenvalue weighted by molar-refractivity contribution is 5.44. The van der Waals surface area contributed by atoms with Gasteiger partial charge in [0.2, 0.25) is 0 Å². The number of benzene rings is 1. The third-order valence-electron chi connectivity index (χ3n) is 5.23. The first kappa shape index (κ1) is 13.1. The van der Waals surface area contributed by atoms with Crippen molar-refractivity contribution in [1.29, 1.82) is 0 Å². The molecule has 104 valence electrons. The van der Waals surface area contributed by atoms with Crippen LogP contribution in [0.2, 0.25) is 0 Å². The molecule has 0 radical (unpaired) electrons. The summed E-state index contributed by atoms with van der Waals surface area (Å²) >= 11 is 0. The number of rotatable bonds is 3. The summed E-state index contributed by atoms with van der Waals surface area (Å²) in [6.07, 6.45) is 2.61. The van der Waals surface area contributed by atoms with E-state index in [0.29, 0.717) is 5.41 Å². The van der Waals surface area contributed by atoms with Crippen molar-refractivity contribution in [2.75, 3.05) is 26.3 Å². The summed E-state index contributed by atoms with van der Waals surface area (Å²) in [4.78, 5) is 0. The van der Waals surface area contributed by atoms with E-state index in [4.69, 9.17) is 4.74 Å². The van der Waals surface area contributed by atoms with E-state index in [9.17, 15) is 0 Å². The molecule has 3 rings (SSSR count). The molecule has 0 aliphatic carbocycles. The Labute approximate surface area is 116 Å². The van der Waals surface area contributed by atoms with Gasteiger partial charge in [0, 0.05) is 5.41 Å². The molecule has 2 heteroatoms. The van der Waals surface area contributed by atoms with Crippen LogP contribution in [-0.4, -0.2) is 26.3 Å². The lowest BCUT2D eigenvalue weighted by molar-refractivity contribution is -0.0709. The largest absolute Gasteiger partial charge is 0.379 e. The third-order valence-corrected chi connectivity index (χ3v) is 5.23. The molecule has 2 aliphatic rings. The average Bonchev–Trinajstić information content (AvgIpc) is 2.85. The Balaban J connectivity index is 1.91. The second-order valence-electron chi connectivity index (χ2n) is 6.52. The van der Waals surface area contributed by atoms with Crippen LogP contribution in [-0.2, 0) is 10.2 Å². The molecule has 1 aromatic carbocycles. The predicted molar refractivity (Wildman–Crippen MR) is 78.7 cm³/mol. The van der Waals surface area contributed by atoms with Gasteiger partial charge in [-0.1, -0.05) is 12.1 Å². The lowest BCUT2D eigenvalue weighted by Crippen LogP contribution is -2.48. The van der Waals surface area contributed by atoms with Crippen molar-refractivity contribution in [3.63, 3.8) is 0 Å². The van der Waals surface area contributed by atoms with Gasteiger partial charge in [0.15, 0.2) is 0 Å². The minimum atomic E-state index is 0.291. The van der Waals surface area contributed by atoms with Crippen molar-refractivity contribution >= 4 is 0 Å². The van der Waals surface area contributed by atoms with Gasteiger partial charge in [0.05, 0.1) is 13.2 Å². The van der Waals surface area contributed by atoms with Crippen LogP contribution in [0.25, 0.3) is 0 Å². The van der Waals surface area contributed by atoms with E-state index in [-0.39, 0.29) is 0 Å². The number of aryl methyl sites for hydroxylation is 1. The monoisotopic (exact) mass is 259 g/mol. The van der Waals surface area contributed by atoms with E-state index in [1.54, 1.807) is 0 Å². The quantitative estimate of drug-likeness (QED) is 0.901. The first-order valence-corrected chi connectivity index (χ1v) is 7.48. The smallest absolute Gasteiger partial charge is 0.0585 e. The molecule has 2 fully saturated rings. The van der Waals surface area contributed by atoms with Crippen LogP contribution >= 0.6 is 0 Å². The fraction of sp³-hybridized carbons (Fsp3) is 0.647. The normalized spacial score (nSPS) is 25.3. The Bertz CT molecular complexity index is 470. The lowest BCUT2D eigenvalue weighted by Gasteiger charge is -2.45. The Hall–Kier alpha value is -0.860. The van der Waals surface area contributed by atoms with Crippen LogP contribution in [0.3, 0.4) is 0 Å². The molecule has 0 aromatic heterocycles. The van der Waals surface area contributed by atoms with Crippen molar-refractivity contribution in [2.24, 2.45) is 5.92 Å². The standard InChI is InChI=1S/C17H25NO/c1-12-4-5-16(14(3)13(12)2)17(10-19-11-17)8-15-6-7-18-9-15/h4-5,15,18H,6-11H2,1-3H3. The van der Waals surface area contributed by atoms with Gasteiger partial charge >= 0.3 is 0 Å². The van der Waals surface area contributed by atoms with Crippen LogP contribution in [0.1, 0.15) is 35.1 Å². The van der Waals surface area contributed by atoms with Gasteiger partial charge in [-0.2, -0.15) is 0 Å². The summed E-state index contributed by atoms with van der Waals surface area (Å²) in [5, 5.41) is 3.49. The average molecular weight is 259 g/mol. The summed E-state index contributed by atoms with van der Waals surface area (Å²) in [5.41, 5.74) is 6.16. The molecule has 1 unspecified atom stereocenters. The molecule has 1 N–H and O–H groups in total. The second kappa shape index (κ2) is 4.92. The van der Waals surface area contributed by atoms with Crippen LogP contribution in [0.15, 0.2) is 12.1 Å². The highest BCUT2D eigenvalue weighted by Gasteiger charge is 2.43. The molecule has 1 atom stereocenters. The molecule has 2 heterocycles. The molecule has 0 saturated carbocycles. The first-order chi connectivity index (χ1) is 9.12. The molecule has 0 spiro atoms. The number of nitrogens with one attached hydrogen (secondary N) is 1. The minimum absolute atomic E-state index is 0.291. The second-order valence-corrected chi connectivity index (χ2v) is 6.52. The maximum absolute atomic E-state index is 5.61. The first-order valence-electron chi connectivity index (χ1n) is 7.48. The fourth-order valence-electron chi connectivity index (χ4n) is 3.70. The number of hydrogen-bond acceptors (Lipinski definition) is 2. The highest BCUT2D eigenvalue weighted by atomic mass is 16.5.